The first kappa shape index (κ1) is 20.2. The molecule has 7 heteroatoms. The summed E-state index contributed by atoms with van der Waals surface area (Å²) in [5, 5.41) is 5.86. The first-order chi connectivity index (χ1) is 16.8. The van der Waals surface area contributed by atoms with E-state index in [1.807, 2.05) is 71.8 Å². The molecule has 0 atom stereocenters. The summed E-state index contributed by atoms with van der Waals surface area (Å²) in [6.07, 6.45) is 3.65. The molecule has 0 spiro atoms. The number of fused-ring (bicyclic) bond motifs is 2. The van der Waals surface area contributed by atoms with Gasteiger partial charge in [0.1, 0.15) is 5.69 Å². The molecular weight excluding hydrogens is 426 g/mol. The highest BCUT2D eigenvalue weighted by atomic mass is 16.5. The standard InChI is InChI=1S/C27H21N5O2/c33-27(31-14-16-34-17-15-31)21-6-4-20(5-7-21)24-10-11-26-29-18-22(32(26)30-24)9-8-19-2-1-3-25-23(19)12-13-28-25/h1-7,10-13,18,28H,14-17H2. The van der Waals surface area contributed by atoms with Gasteiger partial charge in [0.05, 0.1) is 25.1 Å². The fourth-order valence-corrected chi connectivity index (χ4v) is 4.17. The lowest BCUT2D eigenvalue weighted by Crippen LogP contribution is -2.40. The van der Waals surface area contributed by atoms with Crippen LogP contribution in [-0.4, -0.2) is 56.7 Å². The van der Waals surface area contributed by atoms with Crippen LogP contribution >= 0.6 is 0 Å². The molecule has 34 heavy (non-hydrogen) atoms. The van der Waals surface area contributed by atoms with Crippen LogP contribution in [0.4, 0.5) is 0 Å². The minimum Gasteiger partial charge on any atom is -0.378 e. The first-order valence-electron chi connectivity index (χ1n) is 11.2. The summed E-state index contributed by atoms with van der Waals surface area (Å²) in [5.74, 6) is 6.51. The fourth-order valence-electron chi connectivity index (χ4n) is 4.17. The highest BCUT2D eigenvalue weighted by Crippen LogP contribution is 2.20. The van der Waals surface area contributed by atoms with Gasteiger partial charge < -0.3 is 14.6 Å². The van der Waals surface area contributed by atoms with E-state index in [9.17, 15) is 4.79 Å². The molecule has 2 aromatic carbocycles. The van der Waals surface area contributed by atoms with Crippen molar-refractivity contribution < 1.29 is 9.53 Å². The summed E-state index contributed by atoms with van der Waals surface area (Å²) >= 11 is 0. The number of nitrogens with zero attached hydrogens (tertiary/aromatic N) is 4. The van der Waals surface area contributed by atoms with E-state index < -0.39 is 0 Å². The molecule has 0 bridgehead atoms. The zero-order valence-corrected chi connectivity index (χ0v) is 18.4. The molecule has 1 amide bonds. The van der Waals surface area contributed by atoms with E-state index in [1.54, 1.807) is 10.7 Å². The Morgan fingerprint density at radius 3 is 2.68 bits per heavy atom. The average Bonchev–Trinajstić information content (AvgIpc) is 3.55. The van der Waals surface area contributed by atoms with Crippen LogP contribution in [0.15, 0.2) is 73.1 Å². The van der Waals surface area contributed by atoms with Crippen molar-refractivity contribution in [1.82, 2.24) is 24.5 Å². The Labute approximate surface area is 196 Å². The van der Waals surface area contributed by atoms with Gasteiger partial charge in [-0.2, -0.15) is 5.10 Å². The number of carbonyl (C=O) groups excluding carboxylic acids is 1. The molecule has 0 saturated carbocycles. The Hall–Kier alpha value is -4.41. The number of hydrogen-bond donors (Lipinski definition) is 1. The Balaban J connectivity index is 1.29. The number of H-pyrrole nitrogens is 1. The topological polar surface area (TPSA) is 75.5 Å². The zero-order valence-electron chi connectivity index (χ0n) is 18.4. The predicted molar refractivity (Wildman–Crippen MR) is 129 cm³/mol. The number of aromatic amines is 1. The van der Waals surface area contributed by atoms with Crippen LogP contribution in [-0.2, 0) is 4.74 Å². The van der Waals surface area contributed by atoms with Crippen LogP contribution in [0.25, 0.3) is 27.8 Å². The third-order valence-electron chi connectivity index (χ3n) is 6.01. The van der Waals surface area contributed by atoms with Crippen molar-refractivity contribution in [3.63, 3.8) is 0 Å². The maximum absolute atomic E-state index is 12.7. The number of imidazole rings is 1. The number of amides is 1. The smallest absolute Gasteiger partial charge is 0.254 e. The predicted octanol–water partition coefficient (Wildman–Crippen LogP) is 3.75. The van der Waals surface area contributed by atoms with Crippen LogP contribution in [0, 0.1) is 11.8 Å². The molecule has 5 aromatic rings. The van der Waals surface area contributed by atoms with E-state index in [0.717, 1.165) is 33.4 Å². The number of carbonyl (C=O) groups is 1. The van der Waals surface area contributed by atoms with Crippen molar-refractivity contribution in [2.45, 2.75) is 0 Å². The largest absolute Gasteiger partial charge is 0.378 e. The number of hydrogen-bond acceptors (Lipinski definition) is 4. The minimum absolute atomic E-state index is 0.0304. The van der Waals surface area contributed by atoms with E-state index in [0.29, 0.717) is 37.6 Å². The summed E-state index contributed by atoms with van der Waals surface area (Å²) in [5.41, 5.74) is 5.82. The summed E-state index contributed by atoms with van der Waals surface area (Å²) in [6, 6.07) is 19.5. The number of ether oxygens (including phenoxy) is 1. The van der Waals surface area contributed by atoms with Crippen LogP contribution in [0.1, 0.15) is 21.6 Å². The molecule has 1 aliphatic rings. The van der Waals surface area contributed by atoms with Crippen LogP contribution in [0.3, 0.4) is 0 Å². The Morgan fingerprint density at radius 1 is 0.971 bits per heavy atom. The SMILES string of the molecule is O=C(c1ccc(-c2ccc3ncc(C#Cc4cccc5[nH]ccc45)n3n2)cc1)N1CCOCC1. The van der Waals surface area contributed by atoms with Crippen molar-refractivity contribution in [2.24, 2.45) is 0 Å². The molecule has 6 rings (SSSR count). The lowest BCUT2D eigenvalue weighted by atomic mass is 10.1. The molecule has 1 aliphatic heterocycles. The molecule has 0 radical (unpaired) electrons. The van der Waals surface area contributed by atoms with Crippen molar-refractivity contribution in [1.29, 1.82) is 0 Å². The quantitative estimate of drug-likeness (QED) is 0.418. The normalized spacial score (nSPS) is 13.7. The van der Waals surface area contributed by atoms with E-state index in [-0.39, 0.29) is 5.91 Å². The van der Waals surface area contributed by atoms with Gasteiger partial charge in [-0.3, -0.25) is 4.79 Å². The number of morpholine rings is 1. The van der Waals surface area contributed by atoms with Gasteiger partial charge in [0.25, 0.3) is 5.91 Å². The van der Waals surface area contributed by atoms with Gasteiger partial charge in [0, 0.05) is 46.9 Å². The maximum atomic E-state index is 12.7. The van der Waals surface area contributed by atoms with Crippen molar-refractivity contribution in [3.8, 4) is 23.1 Å². The summed E-state index contributed by atoms with van der Waals surface area (Å²) < 4.78 is 7.09. The second kappa shape index (κ2) is 8.50. The lowest BCUT2D eigenvalue weighted by Gasteiger charge is -2.26. The highest BCUT2D eigenvalue weighted by molar-refractivity contribution is 5.94. The Morgan fingerprint density at radius 2 is 1.82 bits per heavy atom. The monoisotopic (exact) mass is 447 g/mol. The molecule has 0 aliphatic carbocycles. The van der Waals surface area contributed by atoms with Crippen molar-refractivity contribution in [2.75, 3.05) is 26.3 Å². The third kappa shape index (κ3) is 3.70. The number of nitrogens with one attached hydrogen (secondary N) is 1. The lowest BCUT2D eigenvalue weighted by molar-refractivity contribution is 0.0303. The van der Waals surface area contributed by atoms with Gasteiger partial charge >= 0.3 is 0 Å². The van der Waals surface area contributed by atoms with E-state index in [4.69, 9.17) is 9.84 Å². The van der Waals surface area contributed by atoms with Gasteiger partial charge in [-0.05, 0) is 48.4 Å². The summed E-state index contributed by atoms with van der Waals surface area (Å²) in [4.78, 5) is 22.2. The average molecular weight is 447 g/mol. The molecule has 0 unspecified atom stereocenters. The molecule has 4 heterocycles. The van der Waals surface area contributed by atoms with E-state index >= 15 is 0 Å². The maximum Gasteiger partial charge on any atom is 0.254 e. The minimum atomic E-state index is 0.0304. The van der Waals surface area contributed by atoms with Gasteiger partial charge in [0.15, 0.2) is 5.65 Å². The Kier molecular flexibility index (Phi) is 5.06. The van der Waals surface area contributed by atoms with Crippen LogP contribution in [0.2, 0.25) is 0 Å². The molecule has 166 valence electrons. The number of aromatic nitrogens is 4. The zero-order chi connectivity index (χ0) is 22.9. The summed E-state index contributed by atoms with van der Waals surface area (Å²) in [6.45, 7) is 2.43. The van der Waals surface area contributed by atoms with Gasteiger partial charge in [-0.1, -0.05) is 24.1 Å². The fraction of sp³-hybridized carbons (Fsp3) is 0.148. The first-order valence-corrected chi connectivity index (χ1v) is 11.2. The van der Waals surface area contributed by atoms with Gasteiger partial charge in [0.2, 0.25) is 0 Å². The van der Waals surface area contributed by atoms with E-state index in [1.165, 1.54) is 0 Å². The second-order valence-corrected chi connectivity index (χ2v) is 8.11. The molecule has 3 aromatic heterocycles. The van der Waals surface area contributed by atoms with Gasteiger partial charge in [-0.25, -0.2) is 9.50 Å². The number of benzene rings is 2. The van der Waals surface area contributed by atoms with Crippen molar-refractivity contribution in [3.05, 3.63) is 89.9 Å². The molecule has 7 nitrogen and oxygen atoms in total. The van der Waals surface area contributed by atoms with Crippen molar-refractivity contribution >= 4 is 22.5 Å². The van der Waals surface area contributed by atoms with Crippen LogP contribution in [0.5, 0.6) is 0 Å². The van der Waals surface area contributed by atoms with Crippen LogP contribution < -0.4 is 0 Å². The molecular formula is C27H21N5O2. The Bertz CT molecular complexity index is 1560. The summed E-state index contributed by atoms with van der Waals surface area (Å²) in [7, 11) is 0. The molecule has 1 fully saturated rings. The van der Waals surface area contributed by atoms with Gasteiger partial charge in [-0.15, -0.1) is 0 Å². The third-order valence-corrected chi connectivity index (χ3v) is 6.01. The number of rotatable bonds is 2. The molecule has 1 saturated heterocycles. The highest BCUT2D eigenvalue weighted by Gasteiger charge is 2.18. The molecule has 1 N–H and O–H groups in total. The van der Waals surface area contributed by atoms with E-state index in [2.05, 4.69) is 21.8 Å². The second-order valence-electron chi connectivity index (χ2n) is 8.11.